The quantitative estimate of drug-likeness (QED) is 0.429. The molecule has 0 saturated carbocycles. The molecule has 3 N–H and O–H groups in total. The maximum absolute atomic E-state index is 13.5. The first kappa shape index (κ1) is 25.7. The predicted octanol–water partition coefficient (Wildman–Crippen LogP) is 1.60. The molecule has 10 nitrogen and oxygen atoms in total. The number of nitrogens with zero attached hydrogens (tertiary/aromatic N) is 1. The van der Waals surface area contributed by atoms with Crippen molar-refractivity contribution in [3.63, 3.8) is 0 Å². The predicted molar refractivity (Wildman–Crippen MR) is 123 cm³/mol. The molecule has 0 radical (unpaired) electrons. The van der Waals surface area contributed by atoms with Crippen LogP contribution in [0.3, 0.4) is 0 Å². The molecule has 12 heteroatoms. The number of thiophene rings is 1. The van der Waals surface area contributed by atoms with Crippen LogP contribution < -0.4 is 15.6 Å². The van der Waals surface area contributed by atoms with Gasteiger partial charge in [-0.2, -0.15) is 0 Å². The molecule has 0 bridgehead atoms. The summed E-state index contributed by atoms with van der Waals surface area (Å²) in [5.74, 6) is -1.05. The van der Waals surface area contributed by atoms with Gasteiger partial charge in [-0.15, -0.1) is 11.3 Å². The number of aliphatic hydroxyl groups excluding tert-OH is 1. The van der Waals surface area contributed by atoms with Crippen LogP contribution in [-0.2, 0) is 27.4 Å². The Morgan fingerprint density at radius 1 is 1.38 bits per heavy atom. The number of carbonyl (C=O) groups excluding carboxylic acids is 1. The molecule has 2 aromatic heterocycles. The van der Waals surface area contributed by atoms with Gasteiger partial charge in [0.25, 0.3) is 11.5 Å². The summed E-state index contributed by atoms with van der Waals surface area (Å²) in [6, 6.07) is 4.29. The third kappa shape index (κ3) is 6.36. The molecule has 34 heavy (non-hydrogen) atoms. The zero-order valence-corrected chi connectivity index (χ0v) is 19.6. The van der Waals surface area contributed by atoms with E-state index in [1.165, 1.54) is 36.6 Å². The van der Waals surface area contributed by atoms with E-state index < -0.39 is 17.3 Å². The molecule has 1 unspecified atom stereocenters. The first-order chi connectivity index (χ1) is 16.5. The Balaban J connectivity index is 0.00000158. The highest BCUT2D eigenvalue weighted by Crippen LogP contribution is 2.22. The summed E-state index contributed by atoms with van der Waals surface area (Å²) in [5.41, 5.74) is 0.921. The fourth-order valence-corrected chi connectivity index (χ4v) is 4.16. The number of amides is 1. The lowest BCUT2D eigenvalue weighted by Crippen LogP contribution is -2.32. The number of hydrogen-bond donors (Lipinski definition) is 3. The van der Waals surface area contributed by atoms with E-state index in [0.717, 1.165) is 7.11 Å². The van der Waals surface area contributed by atoms with E-state index in [0.29, 0.717) is 47.8 Å². The highest BCUT2D eigenvalue weighted by molar-refractivity contribution is 7.16. The number of benzene rings is 1. The van der Waals surface area contributed by atoms with Crippen LogP contribution in [0.1, 0.15) is 21.7 Å². The second-order valence-electron chi connectivity index (χ2n) is 7.09. The zero-order valence-electron chi connectivity index (χ0n) is 18.8. The van der Waals surface area contributed by atoms with Gasteiger partial charge in [-0.3, -0.25) is 9.59 Å². The number of hydrogen-bond acceptors (Lipinski definition) is 9. The van der Waals surface area contributed by atoms with Gasteiger partial charge in [0.15, 0.2) is 11.6 Å². The van der Waals surface area contributed by atoms with Gasteiger partial charge in [0, 0.05) is 19.2 Å². The smallest absolute Gasteiger partial charge is 0.287 e. The topological polar surface area (TPSA) is 132 Å². The van der Waals surface area contributed by atoms with Gasteiger partial charge < -0.3 is 34.4 Å². The van der Waals surface area contributed by atoms with Gasteiger partial charge in [0.1, 0.15) is 10.9 Å². The third-order valence-electron chi connectivity index (χ3n) is 4.85. The van der Waals surface area contributed by atoms with Crippen LogP contribution in [0.25, 0.3) is 10.2 Å². The Morgan fingerprint density at radius 3 is 2.94 bits per heavy atom. The number of methoxy groups -OCH3 is 1. The van der Waals surface area contributed by atoms with Crippen molar-refractivity contribution >= 4 is 27.5 Å². The second kappa shape index (κ2) is 12.5. The van der Waals surface area contributed by atoms with Crippen LogP contribution in [0, 0.1) is 5.82 Å². The molecule has 4 rings (SSSR count). The van der Waals surface area contributed by atoms with Crippen molar-refractivity contribution in [2.45, 2.75) is 19.3 Å². The summed E-state index contributed by atoms with van der Waals surface area (Å²) in [5, 5.41) is 11.8. The van der Waals surface area contributed by atoms with Crippen LogP contribution >= 0.6 is 11.3 Å². The SMILES string of the molecule is CO.COc1cc(CNC(=O)c2nc3scc(COCC4COCCO4)c3c(=O)[nH]2)ccc1F. The van der Waals surface area contributed by atoms with Gasteiger partial charge in [0.05, 0.1) is 45.5 Å². The molecule has 0 spiro atoms. The molecule has 3 aromatic rings. The summed E-state index contributed by atoms with van der Waals surface area (Å²) >= 11 is 1.26. The maximum Gasteiger partial charge on any atom is 0.287 e. The van der Waals surface area contributed by atoms with Gasteiger partial charge in [0.2, 0.25) is 5.82 Å². The van der Waals surface area contributed by atoms with E-state index in [1.54, 1.807) is 5.38 Å². The molecule has 1 aliphatic rings. The first-order valence-electron chi connectivity index (χ1n) is 10.4. The molecule has 1 aliphatic heterocycles. The van der Waals surface area contributed by atoms with E-state index >= 15 is 0 Å². The van der Waals surface area contributed by atoms with Crippen LogP contribution in [-0.4, -0.2) is 67.7 Å². The number of aromatic nitrogens is 2. The minimum absolute atomic E-state index is 0.0839. The highest BCUT2D eigenvalue weighted by atomic mass is 32.1. The van der Waals surface area contributed by atoms with Crippen molar-refractivity contribution in [1.29, 1.82) is 0 Å². The van der Waals surface area contributed by atoms with Gasteiger partial charge in [-0.25, -0.2) is 9.37 Å². The summed E-state index contributed by atoms with van der Waals surface area (Å²) in [6.07, 6.45) is -0.124. The van der Waals surface area contributed by atoms with Crippen molar-refractivity contribution < 1.29 is 33.2 Å². The Hall–Kier alpha value is -2.90. The second-order valence-corrected chi connectivity index (χ2v) is 7.95. The standard InChI is InChI=1S/C21H22FN3O6S.CH4O/c1-28-16-6-12(2-3-15(16)22)7-23-20(27)18-24-19(26)17-13(11-32-21(17)25-18)8-30-10-14-9-29-4-5-31-14;1-2/h2-3,6,11,14H,4-5,7-10H2,1H3,(H,23,27)(H,24,25,26);2H,1H3. The number of ether oxygens (including phenoxy) is 4. The van der Waals surface area contributed by atoms with E-state index in [9.17, 15) is 14.0 Å². The Bertz CT molecular complexity index is 1160. The lowest BCUT2D eigenvalue weighted by Gasteiger charge is -2.22. The molecule has 0 aliphatic carbocycles. The first-order valence-corrected chi connectivity index (χ1v) is 11.3. The average Bonchev–Trinajstić information content (AvgIpc) is 3.28. The van der Waals surface area contributed by atoms with Crippen molar-refractivity contribution in [2.24, 2.45) is 0 Å². The Morgan fingerprint density at radius 2 is 2.21 bits per heavy atom. The zero-order chi connectivity index (χ0) is 24.5. The number of carbonyl (C=O) groups is 1. The van der Waals surface area contributed by atoms with Gasteiger partial charge in [-0.1, -0.05) is 6.07 Å². The Kier molecular flexibility index (Phi) is 9.48. The summed E-state index contributed by atoms with van der Waals surface area (Å²) < 4.78 is 35.0. The van der Waals surface area contributed by atoms with Crippen LogP contribution in [0.5, 0.6) is 5.75 Å². The summed E-state index contributed by atoms with van der Waals surface area (Å²) in [4.78, 5) is 32.4. The molecule has 1 saturated heterocycles. The summed E-state index contributed by atoms with van der Waals surface area (Å²) in [6.45, 7) is 2.31. The molecule has 1 atom stereocenters. The average molecular weight is 496 g/mol. The fraction of sp³-hybridized carbons (Fsp3) is 0.409. The lowest BCUT2D eigenvalue weighted by molar-refractivity contribution is -0.117. The lowest BCUT2D eigenvalue weighted by atomic mass is 10.2. The van der Waals surface area contributed by atoms with Crippen molar-refractivity contribution in [3.05, 3.63) is 56.7 Å². The number of halogens is 1. The Labute approximate surface area is 198 Å². The fourth-order valence-electron chi connectivity index (χ4n) is 3.23. The van der Waals surface area contributed by atoms with E-state index in [1.807, 2.05) is 0 Å². The molecule has 3 heterocycles. The molecule has 184 valence electrons. The molecular formula is C22H26FN3O7S. The van der Waals surface area contributed by atoms with Crippen LogP contribution in [0.4, 0.5) is 4.39 Å². The van der Waals surface area contributed by atoms with E-state index in [2.05, 4.69) is 15.3 Å². The van der Waals surface area contributed by atoms with Crippen LogP contribution in [0.15, 0.2) is 28.4 Å². The third-order valence-corrected chi connectivity index (χ3v) is 5.77. The van der Waals surface area contributed by atoms with Gasteiger partial charge in [-0.05, 0) is 23.1 Å². The van der Waals surface area contributed by atoms with Gasteiger partial charge >= 0.3 is 0 Å². The molecule has 1 fully saturated rings. The highest BCUT2D eigenvalue weighted by Gasteiger charge is 2.18. The van der Waals surface area contributed by atoms with Crippen molar-refractivity contribution in [3.8, 4) is 5.75 Å². The number of nitrogens with one attached hydrogen (secondary N) is 2. The molecule has 1 aromatic carbocycles. The molecule has 1 amide bonds. The normalized spacial score (nSPS) is 15.5. The van der Waals surface area contributed by atoms with E-state index in [-0.39, 0.29) is 30.8 Å². The molecular weight excluding hydrogens is 469 g/mol. The summed E-state index contributed by atoms with van der Waals surface area (Å²) in [7, 11) is 2.36. The van der Waals surface area contributed by atoms with Crippen LogP contribution in [0.2, 0.25) is 0 Å². The minimum Gasteiger partial charge on any atom is -0.494 e. The number of aromatic amines is 1. The number of rotatable bonds is 8. The monoisotopic (exact) mass is 495 g/mol. The largest absolute Gasteiger partial charge is 0.494 e. The number of aliphatic hydroxyl groups is 1. The van der Waals surface area contributed by atoms with Crippen molar-refractivity contribution in [2.75, 3.05) is 40.6 Å². The number of H-pyrrole nitrogens is 1. The minimum atomic E-state index is -0.548. The van der Waals surface area contributed by atoms with E-state index in [4.69, 9.17) is 24.1 Å². The maximum atomic E-state index is 13.5. The number of fused-ring (bicyclic) bond motifs is 1. The van der Waals surface area contributed by atoms with Crippen molar-refractivity contribution in [1.82, 2.24) is 15.3 Å².